The summed E-state index contributed by atoms with van der Waals surface area (Å²) < 4.78 is 0. The van der Waals surface area contributed by atoms with Crippen LogP contribution >= 0.6 is 0 Å². The monoisotopic (exact) mass is 260 g/mol. The summed E-state index contributed by atoms with van der Waals surface area (Å²) in [6.45, 7) is 0. The predicted molar refractivity (Wildman–Crippen MR) is 71.5 cm³/mol. The number of allylic oxidation sites excluding steroid dienone is 3. The molecular weight excluding hydrogens is 240 g/mol. The maximum atomic E-state index is 10.9. The molecule has 4 bridgehead atoms. The fraction of sp³-hybridized carbons (Fsp3) is 0.625. The van der Waals surface area contributed by atoms with E-state index in [2.05, 4.69) is 6.08 Å². The average molecular weight is 260 g/mol. The summed E-state index contributed by atoms with van der Waals surface area (Å²) in [6, 6.07) is 0. The lowest BCUT2D eigenvalue weighted by molar-refractivity contribution is -0.146. The third kappa shape index (κ3) is 2.51. The molecule has 0 saturated heterocycles. The highest BCUT2D eigenvalue weighted by Crippen LogP contribution is 2.60. The number of carboxylic acid groups (broad SMARTS) is 1. The zero-order valence-corrected chi connectivity index (χ0v) is 11.0. The molecule has 0 amide bonds. The van der Waals surface area contributed by atoms with Crippen molar-refractivity contribution in [2.24, 2.45) is 23.2 Å². The smallest absolute Gasteiger partial charge is 0.376 e. The van der Waals surface area contributed by atoms with E-state index in [0.717, 1.165) is 23.8 Å². The van der Waals surface area contributed by atoms with E-state index in [1.54, 1.807) is 6.08 Å². The van der Waals surface area contributed by atoms with Gasteiger partial charge in [-0.15, -0.1) is 0 Å². The molecule has 0 aromatic rings. The van der Waals surface area contributed by atoms with Gasteiger partial charge in [0.1, 0.15) is 0 Å². The van der Waals surface area contributed by atoms with E-state index < -0.39 is 11.8 Å². The molecule has 102 valence electrons. The van der Waals surface area contributed by atoms with Crippen LogP contribution in [0, 0.1) is 23.2 Å². The highest BCUT2D eigenvalue weighted by Gasteiger charge is 2.49. The van der Waals surface area contributed by atoms with Gasteiger partial charge in [-0.1, -0.05) is 18.2 Å². The van der Waals surface area contributed by atoms with Gasteiger partial charge in [-0.2, -0.15) is 0 Å². The molecule has 0 atom stereocenters. The Labute approximate surface area is 113 Å². The molecule has 1 N–H and O–H groups in total. The first-order chi connectivity index (χ1) is 9.06. The van der Waals surface area contributed by atoms with E-state index in [1.165, 1.54) is 38.5 Å². The standard InChI is InChI=1S/C16H20O3/c17-14(15(18)19)3-1-2-4-16-8-11-5-12(9-16)7-13(6-11)10-16/h1-4,11-13H,5-10H2,(H,18,19)/b3-1+,4-2+. The Kier molecular flexibility index (Phi) is 3.08. The van der Waals surface area contributed by atoms with Gasteiger partial charge in [0.05, 0.1) is 0 Å². The van der Waals surface area contributed by atoms with E-state index in [0.29, 0.717) is 5.41 Å². The van der Waals surface area contributed by atoms with Crippen LogP contribution in [0.5, 0.6) is 0 Å². The minimum Gasteiger partial charge on any atom is -0.475 e. The number of carboxylic acids is 1. The molecule has 0 unspecified atom stereocenters. The van der Waals surface area contributed by atoms with Crippen molar-refractivity contribution in [2.75, 3.05) is 0 Å². The molecule has 0 aromatic carbocycles. The molecule has 0 heterocycles. The van der Waals surface area contributed by atoms with Crippen molar-refractivity contribution in [3.05, 3.63) is 24.3 Å². The first kappa shape index (κ1) is 12.6. The molecule has 0 spiro atoms. The van der Waals surface area contributed by atoms with E-state index in [-0.39, 0.29) is 0 Å². The van der Waals surface area contributed by atoms with Gasteiger partial charge in [-0.3, -0.25) is 4.79 Å². The van der Waals surface area contributed by atoms with Crippen LogP contribution in [0.2, 0.25) is 0 Å². The highest BCUT2D eigenvalue weighted by molar-refractivity contribution is 6.37. The Morgan fingerprint density at radius 2 is 1.47 bits per heavy atom. The van der Waals surface area contributed by atoms with Crippen molar-refractivity contribution in [3.63, 3.8) is 0 Å². The maximum Gasteiger partial charge on any atom is 0.376 e. The lowest BCUT2D eigenvalue weighted by atomic mass is 9.49. The molecule has 19 heavy (non-hydrogen) atoms. The van der Waals surface area contributed by atoms with Gasteiger partial charge in [-0.05, 0) is 67.8 Å². The van der Waals surface area contributed by atoms with Crippen LogP contribution in [0.4, 0.5) is 0 Å². The topological polar surface area (TPSA) is 54.4 Å². The van der Waals surface area contributed by atoms with Gasteiger partial charge in [0.15, 0.2) is 0 Å². The fourth-order valence-electron chi connectivity index (χ4n) is 4.86. The zero-order valence-electron chi connectivity index (χ0n) is 11.0. The Morgan fingerprint density at radius 3 is 1.95 bits per heavy atom. The second-order valence-corrected chi connectivity index (χ2v) is 6.67. The Bertz CT molecular complexity index is 423. The number of carbonyl (C=O) groups is 2. The first-order valence-electron chi connectivity index (χ1n) is 7.19. The van der Waals surface area contributed by atoms with Crippen LogP contribution in [0.15, 0.2) is 24.3 Å². The maximum absolute atomic E-state index is 10.9. The second-order valence-electron chi connectivity index (χ2n) is 6.67. The van der Waals surface area contributed by atoms with Crippen molar-refractivity contribution in [1.82, 2.24) is 0 Å². The van der Waals surface area contributed by atoms with Crippen LogP contribution in [-0.4, -0.2) is 16.9 Å². The molecule has 0 aliphatic heterocycles. The summed E-state index contributed by atoms with van der Waals surface area (Å²) in [7, 11) is 0. The normalized spacial score (nSPS) is 40.3. The number of carbonyl (C=O) groups excluding carboxylic acids is 1. The largest absolute Gasteiger partial charge is 0.475 e. The number of rotatable bonds is 4. The molecule has 4 fully saturated rings. The molecule has 4 saturated carbocycles. The first-order valence-corrected chi connectivity index (χ1v) is 7.19. The lowest BCUT2D eigenvalue weighted by Crippen LogP contribution is -2.44. The van der Waals surface area contributed by atoms with Gasteiger partial charge in [0, 0.05) is 0 Å². The number of aliphatic carboxylic acids is 1. The van der Waals surface area contributed by atoms with E-state index >= 15 is 0 Å². The number of ketones is 1. The number of hydrogen-bond donors (Lipinski definition) is 1. The van der Waals surface area contributed by atoms with Crippen molar-refractivity contribution in [1.29, 1.82) is 0 Å². The third-order valence-corrected chi connectivity index (χ3v) is 5.10. The van der Waals surface area contributed by atoms with Crippen LogP contribution < -0.4 is 0 Å². The van der Waals surface area contributed by atoms with Crippen molar-refractivity contribution in [2.45, 2.75) is 38.5 Å². The summed E-state index contributed by atoms with van der Waals surface area (Å²) in [5.74, 6) is 0.469. The molecular formula is C16H20O3. The van der Waals surface area contributed by atoms with Crippen molar-refractivity contribution >= 4 is 11.8 Å². The van der Waals surface area contributed by atoms with Gasteiger partial charge < -0.3 is 5.11 Å². The fourth-order valence-corrected chi connectivity index (χ4v) is 4.86. The minimum atomic E-state index is -1.39. The SMILES string of the molecule is O=C(O)C(=O)/C=C/C=C/C12CC3CC(CC(C3)C1)C2. The van der Waals surface area contributed by atoms with Gasteiger partial charge in [0.2, 0.25) is 0 Å². The quantitative estimate of drug-likeness (QED) is 0.480. The van der Waals surface area contributed by atoms with E-state index in [9.17, 15) is 9.59 Å². The van der Waals surface area contributed by atoms with Crippen LogP contribution in [0.3, 0.4) is 0 Å². The summed E-state index contributed by atoms with van der Waals surface area (Å²) in [5.41, 5.74) is 0.339. The Balaban J connectivity index is 1.66. The molecule has 3 heteroatoms. The summed E-state index contributed by atoms with van der Waals surface area (Å²) in [5, 5.41) is 8.49. The second kappa shape index (κ2) is 4.62. The summed E-state index contributed by atoms with van der Waals surface area (Å²) in [6.07, 6.45) is 15.0. The molecule has 4 aliphatic carbocycles. The third-order valence-electron chi connectivity index (χ3n) is 5.10. The minimum absolute atomic E-state index is 0.339. The van der Waals surface area contributed by atoms with Crippen LogP contribution in [0.1, 0.15) is 38.5 Å². The summed E-state index contributed by atoms with van der Waals surface area (Å²) >= 11 is 0. The zero-order chi connectivity index (χ0) is 13.5. The van der Waals surface area contributed by atoms with Gasteiger partial charge in [-0.25, -0.2) is 4.79 Å². The van der Waals surface area contributed by atoms with Gasteiger partial charge in [0.25, 0.3) is 5.78 Å². The summed E-state index contributed by atoms with van der Waals surface area (Å²) in [4.78, 5) is 21.3. The van der Waals surface area contributed by atoms with Gasteiger partial charge >= 0.3 is 5.97 Å². The average Bonchev–Trinajstić information content (AvgIpc) is 2.32. The van der Waals surface area contributed by atoms with E-state index in [1.807, 2.05) is 6.08 Å². The predicted octanol–water partition coefficient (Wildman–Crippen LogP) is 2.97. The van der Waals surface area contributed by atoms with Crippen molar-refractivity contribution < 1.29 is 14.7 Å². The molecule has 0 aromatic heterocycles. The molecule has 3 nitrogen and oxygen atoms in total. The van der Waals surface area contributed by atoms with Crippen LogP contribution in [-0.2, 0) is 9.59 Å². The highest BCUT2D eigenvalue weighted by atomic mass is 16.4. The number of hydrogen-bond acceptors (Lipinski definition) is 2. The molecule has 4 rings (SSSR count). The molecule has 4 aliphatic rings. The van der Waals surface area contributed by atoms with Crippen molar-refractivity contribution in [3.8, 4) is 0 Å². The lowest BCUT2D eigenvalue weighted by Gasteiger charge is -2.55. The van der Waals surface area contributed by atoms with Crippen LogP contribution in [0.25, 0.3) is 0 Å². The Hall–Kier alpha value is -1.38. The van der Waals surface area contributed by atoms with E-state index in [4.69, 9.17) is 5.11 Å². The molecule has 0 radical (unpaired) electrons. The Morgan fingerprint density at radius 1 is 0.947 bits per heavy atom.